The molecule has 1 saturated heterocycles. The average Bonchev–Trinajstić information content (AvgIpc) is 3.26. The van der Waals surface area contributed by atoms with E-state index in [1.165, 1.54) is 0 Å². The Balaban J connectivity index is 1.28. The normalized spacial score (nSPS) is 19.2. The third-order valence-electron chi connectivity index (χ3n) is 5.45. The van der Waals surface area contributed by atoms with Gasteiger partial charge in [0.05, 0.1) is 26.1 Å². The molecule has 4 rings (SSSR count). The summed E-state index contributed by atoms with van der Waals surface area (Å²) in [5.74, 6) is 1.52. The Kier molecular flexibility index (Phi) is 8.23. The molecule has 0 saturated carbocycles. The van der Waals surface area contributed by atoms with Crippen molar-refractivity contribution in [2.75, 3.05) is 39.5 Å². The first-order chi connectivity index (χ1) is 16.1. The molecule has 8 heteroatoms. The second-order valence-electron chi connectivity index (χ2n) is 8.38. The molecule has 0 amide bonds. The molecule has 1 aliphatic heterocycles. The van der Waals surface area contributed by atoms with E-state index in [4.69, 9.17) is 25.8 Å². The molecule has 0 bridgehead atoms. The maximum Gasteiger partial charge on any atom is 0.134 e. The van der Waals surface area contributed by atoms with Crippen molar-refractivity contribution in [1.82, 2.24) is 14.5 Å². The van der Waals surface area contributed by atoms with Crippen LogP contribution in [0.2, 0.25) is 5.02 Å². The Labute approximate surface area is 199 Å². The fraction of sp³-hybridized carbons (Fsp3) is 0.400. The lowest BCUT2D eigenvalue weighted by Gasteiger charge is -2.30. The number of ether oxygens (including phenoxy) is 3. The third-order valence-corrected chi connectivity index (χ3v) is 5.71. The number of imidazole rings is 1. The van der Waals surface area contributed by atoms with Crippen LogP contribution in [0.25, 0.3) is 0 Å². The van der Waals surface area contributed by atoms with Crippen molar-refractivity contribution in [3.8, 4) is 11.5 Å². The molecule has 1 unspecified atom stereocenters. The fourth-order valence-electron chi connectivity index (χ4n) is 3.82. The lowest BCUT2D eigenvalue weighted by atomic mass is 10.1. The molecule has 0 radical (unpaired) electrons. The summed E-state index contributed by atoms with van der Waals surface area (Å²) in [4.78, 5) is 6.24. The van der Waals surface area contributed by atoms with Gasteiger partial charge in [-0.3, -0.25) is 4.90 Å². The van der Waals surface area contributed by atoms with Crippen molar-refractivity contribution < 1.29 is 19.3 Å². The number of aliphatic hydroxyl groups is 1. The maximum absolute atomic E-state index is 11.1. The van der Waals surface area contributed by atoms with Crippen LogP contribution >= 0.6 is 11.6 Å². The molecular formula is C25H30ClN3O4. The summed E-state index contributed by atoms with van der Waals surface area (Å²) in [6.07, 6.45) is 6.45. The van der Waals surface area contributed by atoms with Crippen molar-refractivity contribution in [2.24, 2.45) is 0 Å². The van der Waals surface area contributed by atoms with E-state index in [1.807, 2.05) is 29.2 Å². The van der Waals surface area contributed by atoms with Crippen LogP contribution in [0.1, 0.15) is 12.0 Å². The quantitative estimate of drug-likeness (QED) is 0.455. The number of hydrogen-bond acceptors (Lipinski definition) is 6. The van der Waals surface area contributed by atoms with Crippen LogP contribution in [-0.2, 0) is 17.8 Å². The molecule has 176 valence electrons. The number of aromatic nitrogens is 2. The first-order valence-electron chi connectivity index (χ1n) is 11.2. The Morgan fingerprint density at radius 3 is 2.82 bits per heavy atom. The summed E-state index contributed by atoms with van der Waals surface area (Å²) in [5.41, 5.74) is 0.0300. The van der Waals surface area contributed by atoms with Gasteiger partial charge >= 0.3 is 0 Å². The summed E-state index contributed by atoms with van der Waals surface area (Å²) in [6.45, 7) is 4.34. The standard InChI is InChI=1S/C25H30ClN3O4/c26-22-5-7-23(8-6-22)33-19-25(30)17-29(12-14-31-18-25)16-21-3-1-4-24(15-21)32-13-2-10-28-11-9-27-20-28/h1,3-9,11,15,20,30H,2,10,12-14,16-19H2. The van der Waals surface area contributed by atoms with Gasteiger partial charge in [0, 0.05) is 43.6 Å². The topological polar surface area (TPSA) is 69.0 Å². The van der Waals surface area contributed by atoms with Gasteiger partial charge in [-0.05, 0) is 48.4 Å². The summed E-state index contributed by atoms with van der Waals surface area (Å²) in [7, 11) is 0. The molecule has 1 fully saturated rings. The minimum absolute atomic E-state index is 0.144. The largest absolute Gasteiger partial charge is 0.494 e. The van der Waals surface area contributed by atoms with Gasteiger partial charge in [-0.2, -0.15) is 0 Å². The van der Waals surface area contributed by atoms with Crippen molar-refractivity contribution in [1.29, 1.82) is 0 Å². The number of halogens is 1. The van der Waals surface area contributed by atoms with Crippen LogP contribution in [0, 0.1) is 0 Å². The highest BCUT2D eigenvalue weighted by atomic mass is 35.5. The molecule has 2 heterocycles. The lowest BCUT2D eigenvalue weighted by Crippen LogP contribution is -2.48. The molecule has 2 aromatic carbocycles. The van der Waals surface area contributed by atoms with Crippen LogP contribution in [0.3, 0.4) is 0 Å². The molecule has 0 aliphatic carbocycles. The molecule has 1 N–H and O–H groups in total. The van der Waals surface area contributed by atoms with Gasteiger partial charge in [0.25, 0.3) is 0 Å². The van der Waals surface area contributed by atoms with Gasteiger partial charge in [-0.25, -0.2) is 4.98 Å². The predicted molar refractivity (Wildman–Crippen MR) is 127 cm³/mol. The number of rotatable bonds is 10. The van der Waals surface area contributed by atoms with E-state index in [-0.39, 0.29) is 13.2 Å². The van der Waals surface area contributed by atoms with Crippen LogP contribution in [0.4, 0.5) is 0 Å². The second-order valence-corrected chi connectivity index (χ2v) is 8.82. The minimum atomic E-state index is -1.10. The molecule has 7 nitrogen and oxygen atoms in total. The average molecular weight is 472 g/mol. The van der Waals surface area contributed by atoms with E-state index in [0.29, 0.717) is 37.1 Å². The Bertz CT molecular complexity index is 984. The Morgan fingerprint density at radius 2 is 2.00 bits per heavy atom. The number of β-amino-alcohol motifs (C(OH)–C–C–N with tert-alkyl or cyclic N) is 1. The van der Waals surface area contributed by atoms with Gasteiger partial charge in [0.15, 0.2) is 0 Å². The highest BCUT2D eigenvalue weighted by molar-refractivity contribution is 6.30. The molecule has 1 aromatic heterocycles. The summed E-state index contributed by atoms with van der Waals surface area (Å²) in [6, 6.07) is 15.2. The molecule has 33 heavy (non-hydrogen) atoms. The number of benzene rings is 2. The SMILES string of the molecule is OC1(COc2ccc(Cl)cc2)COCCN(Cc2cccc(OCCCn3ccnc3)c2)C1. The van der Waals surface area contributed by atoms with E-state index in [9.17, 15) is 5.11 Å². The molecule has 3 aromatic rings. The van der Waals surface area contributed by atoms with Crippen LogP contribution < -0.4 is 9.47 Å². The van der Waals surface area contributed by atoms with Crippen molar-refractivity contribution in [3.05, 3.63) is 77.8 Å². The first-order valence-corrected chi connectivity index (χ1v) is 11.5. The lowest BCUT2D eigenvalue weighted by molar-refractivity contribution is -0.0646. The predicted octanol–water partition coefficient (Wildman–Crippen LogP) is 3.65. The van der Waals surface area contributed by atoms with E-state index in [1.54, 1.807) is 30.5 Å². The van der Waals surface area contributed by atoms with Crippen molar-refractivity contribution >= 4 is 11.6 Å². The van der Waals surface area contributed by atoms with Crippen molar-refractivity contribution in [2.45, 2.75) is 25.1 Å². The molecule has 1 aliphatic rings. The number of hydrogen-bond donors (Lipinski definition) is 1. The summed E-state index contributed by atoms with van der Waals surface area (Å²) >= 11 is 5.93. The van der Waals surface area contributed by atoms with Gasteiger partial charge in [-0.15, -0.1) is 0 Å². The number of aryl methyl sites for hydroxylation is 1. The highest BCUT2D eigenvalue weighted by Gasteiger charge is 2.33. The second kappa shape index (κ2) is 11.5. The fourth-order valence-corrected chi connectivity index (χ4v) is 3.94. The highest BCUT2D eigenvalue weighted by Crippen LogP contribution is 2.21. The summed E-state index contributed by atoms with van der Waals surface area (Å²) < 4.78 is 19.5. The monoisotopic (exact) mass is 471 g/mol. The van der Waals surface area contributed by atoms with E-state index < -0.39 is 5.60 Å². The van der Waals surface area contributed by atoms with Crippen LogP contribution in [-0.4, -0.2) is 64.7 Å². The molecule has 0 spiro atoms. The van der Waals surface area contributed by atoms with Gasteiger partial charge in [0.1, 0.15) is 23.7 Å². The molecule has 1 atom stereocenters. The minimum Gasteiger partial charge on any atom is -0.494 e. The Hall–Kier alpha value is -2.58. The third kappa shape index (κ3) is 7.47. The maximum atomic E-state index is 11.1. The van der Waals surface area contributed by atoms with Crippen LogP contribution in [0.5, 0.6) is 11.5 Å². The van der Waals surface area contributed by atoms with E-state index in [0.717, 1.165) is 30.8 Å². The van der Waals surface area contributed by atoms with E-state index >= 15 is 0 Å². The smallest absolute Gasteiger partial charge is 0.134 e. The molecular weight excluding hydrogens is 442 g/mol. The van der Waals surface area contributed by atoms with Gasteiger partial charge in [0.2, 0.25) is 0 Å². The zero-order valence-electron chi connectivity index (χ0n) is 18.6. The zero-order chi connectivity index (χ0) is 22.9. The first kappa shape index (κ1) is 23.6. The number of nitrogens with zero attached hydrogens (tertiary/aromatic N) is 3. The van der Waals surface area contributed by atoms with Gasteiger partial charge < -0.3 is 23.9 Å². The van der Waals surface area contributed by atoms with Gasteiger partial charge in [-0.1, -0.05) is 23.7 Å². The zero-order valence-corrected chi connectivity index (χ0v) is 19.4. The van der Waals surface area contributed by atoms with E-state index in [2.05, 4.69) is 22.0 Å². The van der Waals surface area contributed by atoms with Crippen LogP contribution in [0.15, 0.2) is 67.3 Å². The van der Waals surface area contributed by atoms with Crippen molar-refractivity contribution in [3.63, 3.8) is 0 Å². The Morgan fingerprint density at radius 1 is 1.12 bits per heavy atom. The summed E-state index contributed by atoms with van der Waals surface area (Å²) in [5, 5.41) is 11.8.